The number of nitrogens with one attached hydrogen (secondary N) is 1. The number of carbonyl (C=O) groups excluding carboxylic acids is 1. The van der Waals surface area contributed by atoms with Gasteiger partial charge in [0.1, 0.15) is 5.82 Å². The molecule has 0 aliphatic heterocycles. The zero-order chi connectivity index (χ0) is 13.1. The highest BCUT2D eigenvalue weighted by molar-refractivity contribution is 5.99. The van der Waals surface area contributed by atoms with Gasteiger partial charge in [-0.2, -0.15) is 0 Å². The van der Waals surface area contributed by atoms with E-state index in [9.17, 15) is 14.3 Å². The van der Waals surface area contributed by atoms with Crippen molar-refractivity contribution in [3.05, 3.63) is 29.6 Å². The Kier molecular flexibility index (Phi) is 4.07. The van der Waals surface area contributed by atoms with Crippen molar-refractivity contribution in [3.8, 4) is 0 Å². The molecule has 94 valence electrons. The smallest absolute Gasteiger partial charge is 0.253 e. The SMILES string of the molecule is CCC(C)(O)CNC(=O)c1cc(F)ccc1N. The minimum atomic E-state index is -0.974. The molecule has 4 N–H and O–H groups in total. The summed E-state index contributed by atoms with van der Waals surface area (Å²) < 4.78 is 13.0. The Morgan fingerprint density at radius 2 is 2.24 bits per heavy atom. The lowest BCUT2D eigenvalue weighted by Crippen LogP contribution is -2.40. The third-order valence-corrected chi connectivity index (χ3v) is 2.65. The second-order valence-corrected chi connectivity index (χ2v) is 4.26. The van der Waals surface area contributed by atoms with Crippen LogP contribution in [0, 0.1) is 5.82 Å². The molecular weight excluding hydrogens is 223 g/mol. The Morgan fingerprint density at radius 3 is 2.82 bits per heavy atom. The van der Waals surface area contributed by atoms with Crippen LogP contribution >= 0.6 is 0 Å². The van der Waals surface area contributed by atoms with Gasteiger partial charge in [-0.25, -0.2) is 4.39 Å². The quantitative estimate of drug-likeness (QED) is 0.694. The first-order valence-corrected chi connectivity index (χ1v) is 5.41. The Labute approximate surface area is 99.6 Å². The summed E-state index contributed by atoms with van der Waals surface area (Å²) in [7, 11) is 0. The average molecular weight is 240 g/mol. The Bertz CT molecular complexity index is 419. The molecule has 0 aliphatic rings. The molecule has 0 spiro atoms. The number of nitrogen functional groups attached to an aromatic ring is 1. The van der Waals surface area contributed by atoms with Crippen LogP contribution in [0.5, 0.6) is 0 Å². The molecule has 0 bridgehead atoms. The van der Waals surface area contributed by atoms with Gasteiger partial charge in [-0.05, 0) is 31.5 Å². The van der Waals surface area contributed by atoms with E-state index in [0.29, 0.717) is 6.42 Å². The van der Waals surface area contributed by atoms with Crippen LogP contribution in [0.15, 0.2) is 18.2 Å². The van der Waals surface area contributed by atoms with E-state index in [2.05, 4.69) is 5.32 Å². The molecule has 0 saturated carbocycles. The van der Waals surface area contributed by atoms with Gasteiger partial charge in [-0.1, -0.05) is 6.92 Å². The monoisotopic (exact) mass is 240 g/mol. The third kappa shape index (κ3) is 3.71. The fraction of sp³-hybridized carbons (Fsp3) is 0.417. The molecule has 1 amide bonds. The summed E-state index contributed by atoms with van der Waals surface area (Å²) in [4.78, 5) is 11.7. The van der Waals surface area contributed by atoms with Gasteiger partial charge in [-0.3, -0.25) is 4.79 Å². The minimum absolute atomic E-state index is 0.0805. The van der Waals surface area contributed by atoms with Crippen LogP contribution in [0.2, 0.25) is 0 Å². The summed E-state index contributed by atoms with van der Waals surface area (Å²) in [6.45, 7) is 3.52. The number of carbonyl (C=O) groups is 1. The molecule has 0 radical (unpaired) electrons. The number of amides is 1. The molecule has 1 aromatic rings. The predicted octanol–water partition coefficient (Wildman–Crippen LogP) is 1.30. The number of rotatable bonds is 4. The lowest BCUT2D eigenvalue weighted by Gasteiger charge is -2.21. The van der Waals surface area contributed by atoms with Crippen LogP contribution in [0.4, 0.5) is 10.1 Å². The van der Waals surface area contributed by atoms with E-state index in [4.69, 9.17) is 5.73 Å². The van der Waals surface area contributed by atoms with Crippen molar-refractivity contribution < 1.29 is 14.3 Å². The van der Waals surface area contributed by atoms with E-state index in [1.807, 2.05) is 6.92 Å². The number of hydrogen-bond donors (Lipinski definition) is 3. The fourth-order valence-corrected chi connectivity index (χ4v) is 1.22. The van der Waals surface area contributed by atoms with E-state index in [1.54, 1.807) is 6.92 Å². The van der Waals surface area contributed by atoms with Gasteiger partial charge < -0.3 is 16.2 Å². The summed E-state index contributed by atoms with van der Waals surface area (Å²) in [5, 5.41) is 12.2. The molecule has 0 heterocycles. The van der Waals surface area contributed by atoms with Crippen LogP contribution in [-0.4, -0.2) is 23.2 Å². The van der Waals surface area contributed by atoms with E-state index in [0.717, 1.165) is 6.07 Å². The number of hydrogen-bond acceptors (Lipinski definition) is 3. The molecule has 4 nitrogen and oxygen atoms in total. The Hall–Kier alpha value is -1.62. The highest BCUT2D eigenvalue weighted by atomic mass is 19.1. The number of anilines is 1. The van der Waals surface area contributed by atoms with Crippen LogP contribution in [0.3, 0.4) is 0 Å². The maximum Gasteiger partial charge on any atom is 0.253 e. The molecule has 1 unspecified atom stereocenters. The molecule has 1 atom stereocenters. The Morgan fingerprint density at radius 1 is 1.59 bits per heavy atom. The summed E-state index contributed by atoms with van der Waals surface area (Å²) in [6, 6.07) is 3.60. The fourth-order valence-electron chi connectivity index (χ4n) is 1.22. The molecule has 0 fully saturated rings. The van der Waals surface area contributed by atoms with E-state index in [1.165, 1.54) is 12.1 Å². The summed E-state index contributed by atoms with van der Waals surface area (Å²) in [5.74, 6) is -1.01. The Balaban J connectivity index is 2.74. The highest BCUT2D eigenvalue weighted by Gasteiger charge is 2.19. The van der Waals surface area contributed by atoms with Gasteiger partial charge in [0.25, 0.3) is 5.91 Å². The van der Waals surface area contributed by atoms with Gasteiger partial charge >= 0.3 is 0 Å². The number of benzene rings is 1. The number of nitrogens with two attached hydrogens (primary N) is 1. The summed E-state index contributed by atoms with van der Waals surface area (Å²) >= 11 is 0. The third-order valence-electron chi connectivity index (χ3n) is 2.65. The summed E-state index contributed by atoms with van der Waals surface area (Å²) in [5.41, 5.74) is 4.89. The molecule has 17 heavy (non-hydrogen) atoms. The molecule has 5 heteroatoms. The van der Waals surface area contributed by atoms with Crippen molar-refractivity contribution in [1.29, 1.82) is 0 Å². The first-order valence-electron chi connectivity index (χ1n) is 5.41. The van der Waals surface area contributed by atoms with Gasteiger partial charge in [0.05, 0.1) is 11.2 Å². The van der Waals surface area contributed by atoms with Gasteiger partial charge in [-0.15, -0.1) is 0 Å². The first kappa shape index (κ1) is 13.4. The topological polar surface area (TPSA) is 75.3 Å². The summed E-state index contributed by atoms with van der Waals surface area (Å²) in [6.07, 6.45) is 0.506. The lowest BCUT2D eigenvalue weighted by molar-refractivity contribution is 0.0518. The second kappa shape index (κ2) is 5.14. The average Bonchev–Trinajstić information content (AvgIpc) is 2.29. The zero-order valence-electron chi connectivity index (χ0n) is 9.96. The van der Waals surface area contributed by atoms with E-state index in [-0.39, 0.29) is 17.8 Å². The maximum absolute atomic E-state index is 13.0. The first-order chi connectivity index (χ1) is 7.85. The lowest BCUT2D eigenvalue weighted by atomic mass is 10.0. The van der Waals surface area contributed by atoms with Gasteiger partial charge in [0.15, 0.2) is 0 Å². The van der Waals surface area contributed by atoms with Crippen molar-refractivity contribution in [1.82, 2.24) is 5.32 Å². The van der Waals surface area contributed by atoms with Crippen molar-refractivity contribution >= 4 is 11.6 Å². The van der Waals surface area contributed by atoms with Crippen LogP contribution in [-0.2, 0) is 0 Å². The van der Waals surface area contributed by atoms with Crippen LogP contribution in [0.25, 0.3) is 0 Å². The molecule has 1 rings (SSSR count). The van der Waals surface area contributed by atoms with Crippen molar-refractivity contribution in [2.24, 2.45) is 0 Å². The van der Waals surface area contributed by atoms with Gasteiger partial charge in [0, 0.05) is 12.2 Å². The van der Waals surface area contributed by atoms with Crippen LogP contribution in [0.1, 0.15) is 30.6 Å². The normalized spacial score (nSPS) is 14.1. The zero-order valence-corrected chi connectivity index (χ0v) is 9.96. The molecule has 0 saturated heterocycles. The molecule has 0 aromatic heterocycles. The molecule has 0 aliphatic carbocycles. The largest absolute Gasteiger partial charge is 0.398 e. The van der Waals surface area contributed by atoms with Gasteiger partial charge in [0.2, 0.25) is 0 Å². The molecule has 1 aromatic carbocycles. The molecular formula is C12H17FN2O2. The predicted molar refractivity (Wildman–Crippen MR) is 64.1 cm³/mol. The number of halogens is 1. The van der Waals surface area contributed by atoms with E-state index >= 15 is 0 Å². The van der Waals surface area contributed by atoms with Crippen molar-refractivity contribution in [3.63, 3.8) is 0 Å². The standard InChI is InChI=1S/C12H17FN2O2/c1-3-12(2,17)7-15-11(16)9-6-8(13)4-5-10(9)14/h4-6,17H,3,7,14H2,1-2H3,(H,15,16). The van der Waals surface area contributed by atoms with E-state index < -0.39 is 17.3 Å². The highest BCUT2D eigenvalue weighted by Crippen LogP contribution is 2.14. The van der Waals surface area contributed by atoms with Crippen molar-refractivity contribution in [2.45, 2.75) is 25.9 Å². The minimum Gasteiger partial charge on any atom is -0.398 e. The van der Waals surface area contributed by atoms with Crippen LogP contribution < -0.4 is 11.1 Å². The van der Waals surface area contributed by atoms with Crippen molar-refractivity contribution in [2.75, 3.05) is 12.3 Å². The second-order valence-electron chi connectivity index (χ2n) is 4.26. The maximum atomic E-state index is 13.0. The number of aliphatic hydroxyl groups is 1.